The average molecular weight is 361 g/mol. The van der Waals surface area contributed by atoms with Crippen molar-refractivity contribution in [2.45, 2.75) is 13.2 Å². The Morgan fingerprint density at radius 2 is 1.67 bits per heavy atom. The fraction of sp³-hybridized carbons (Fsp3) is 0.182. The van der Waals surface area contributed by atoms with Crippen LogP contribution in [0.25, 0.3) is 11.4 Å². The van der Waals surface area contributed by atoms with Gasteiger partial charge in [-0.3, -0.25) is 4.90 Å². The molecule has 0 atom stereocenters. The molecule has 0 spiro atoms. The number of hydrogen-bond donors (Lipinski definition) is 0. The van der Waals surface area contributed by atoms with E-state index in [0.29, 0.717) is 24.9 Å². The lowest BCUT2D eigenvalue weighted by Crippen LogP contribution is -2.23. The third-order valence-corrected chi connectivity index (χ3v) is 3.96. The normalized spacial score (nSPS) is 10.7. The minimum atomic E-state index is 0.537. The van der Waals surface area contributed by atoms with Gasteiger partial charge in [0.25, 0.3) is 0 Å². The number of aromatic nitrogens is 2. The Morgan fingerprint density at radius 3 is 2.33 bits per heavy atom. The molecule has 1 heterocycles. The highest BCUT2D eigenvalue weighted by Crippen LogP contribution is 2.21. The van der Waals surface area contributed by atoms with Crippen LogP contribution >= 0.6 is 0 Å². The summed E-state index contributed by atoms with van der Waals surface area (Å²) < 4.78 is 11.2. The fourth-order valence-corrected chi connectivity index (χ4v) is 2.64. The summed E-state index contributed by atoms with van der Waals surface area (Å²) in [6, 6.07) is 17.8. The summed E-state index contributed by atoms with van der Waals surface area (Å²) in [7, 11) is 0. The molecule has 0 saturated carbocycles. The van der Waals surface area contributed by atoms with Crippen molar-refractivity contribution in [1.29, 1.82) is 0 Å². The molecule has 0 aliphatic heterocycles. The smallest absolute Gasteiger partial charge is 0.241 e. The quantitative estimate of drug-likeness (QED) is 0.498. The predicted molar refractivity (Wildman–Crippen MR) is 106 cm³/mol. The van der Waals surface area contributed by atoms with E-state index in [9.17, 15) is 0 Å². The Kier molecular flexibility index (Phi) is 6.55. The van der Waals surface area contributed by atoms with E-state index in [-0.39, 0.29) is 0 Å². The highest BCUT2D eigenvalue weighted by atomic mass is 16.5. The van der Waals surface area contributed by atoms with Gasteiger partial charge < -0.3 is 9.26 Å². The predicted octanol–water partition coefficient (Wildman–Crippen LogP) is 4.49. The first-order chi connectivity index (χ1) is 13.3. The van der Waals surface area contributed by atoms with Crippen LogP contribution in [0.4, 0.5) is 0 Å². The molecule has 0 amide bonds. The van der Waals surface area contributed by atoms with Crippen molar-refractivity contribution in [2.75, 3.05) is 13.1 Å². The molecule has 5 heteroatoms. The zero-order chi connectivity index (χ0) is 18.9. The van der Waals surface area contributed by atoms with Crippen molar-refractivity contribution in [3.8, 4) is 17.1 Å². The molecule has 138 valence electrons. The molecule has 0 fully saturated rings. The van der Waals surface area contributed by atoms with E-state index in [1.165, 1.54) is 0 Å². The first kappa shape index (κ1) is 18.6. The Balaban J connectivity index is 1.61. The van der Waals surface area contributed by atoms with E-state index < -0.39 is 0 Å². The van der Waals surface area contributed by atoms with E-state index >= 15 is 0 Å². The van der Waals surface area contributed by atoms with Gasteiger partial charge in [-0.1, -0.05) is 47.6 Å². The second kappa shape index (κ2) is 9.50. The maximum atomic E-state index is 5.80. The molecule has 0 N–H and O–H groups in total. The molecule has 0 aliphatic rings. The summed E-state index contributed by atoms with van der Waals surface area (Å²) >= 11 is 0. The summed E-state index contributed by atoms with van der Waals surface area (Å²) in [5.74, 6) is 1.93. The lowest BCUT2D eigenvalue weighted by Gasteiger charge is -2.15. The second-order valence-electron chi connectivity index (χ2n) is 6.08. The van der Waals surface area contributed by atoms with Crippen molar-refractivity contribution < 1.29 is 9.26 Å². The van der Waals surface area contributed by atoms with Gasteiger partial charge in [-0.05, 0) is 29.8 Å². The van der Waals surface area contributed by atoms with Gasteiger partial charge in [-0.2, -0.15) is 4.98 Å². The lowest BCUT2D eigenvalue weighted by atomic mass is 10.2. The maximum absolute atomic E-state index is 5.80. The van der Waals surface area contributed by atoms with Gasteiger partial charge in [0.05, 0.1) is 6.54 Å². The standard InChI is InChI=1S/C22H23N3O2/c1-3-14-25(15-4-2)16-21-23-22(24-27-21)19-10-12-20(13-11-19)26-17-18-8-6-5-7-9-18/h3-13H,1-2,14-17H2. The largest absolute Gasteiger partial charge is 0.489 e. The molecule has 3 rings (SSSR count). The van der Waals surface area contributed by atoms with Gasteiger partial charge in [0.2, 0.25) is 11.7 Å². The van der Waals surface area contributed by atoms with Gasteiger partial charge in [0, 0.05) is 18.7 Å². The molecule has 0 aliphatic carbocycles. The average Bonchev–Trinajstić information content (AvgIpc) is 3.16. The first-order valence-electron chi connectivity index (χ1n) is 8.82. The van der Waals surface area contributed by atoms with Crippen molar-refractivity contribution in [3.05, 3.63) is 91.4 Å². The first-order valence-corrected chi connectivity index (χ1v) is 8.82. The van der Waals surface area contributed by atoms with Crippen LogP contribution in [0.5, 0.6) is 5.75 Å². The molecule has 0 unspecified atom stereocenters. The highest BCUT2D eigenvalue weighted by molar-refractivity contribution is 5.55. The molecular formula is C22H23N3O2. The summed E-state index contributed by atoms with van der Waals surface area (Å²) in [5, 5.41) is 4.08. The molecule has 5 nitrogen and oxygen atoms in total. The Morgan fingerprint density at radius 1 is 0.963 bits per heavy atom. The third-order valence-electron chi connectivity index (χ3n) is 3.96. The van der Waals surface area contributed by atoms with Crippen LogP contribution in [-0.4, -0.2) is 28.1 Å². The molecule has 27 heavy (non-hydrogen) atoms. The van der Waals surface area contributed by atoms with E-state index in [1.807, 2.05) is 66.7 Å². The third kappa shape index (κ3) is 5.39. The molecule has 0 saturated heterocycles. The molecule has 1 aromatic heterocycles. The SMILES string of the molecule is C=CCN(CC=C)Cc1nc(-c2ccc(OCc3ccccc3)cc2)no1. The highest BCUT2D eigenvalue weighted by Gasteiger charge is 2.12. The van der Waals surface area contributed by atoms with E-state index in [4.69, 9.17) is 9.26 Å². The number of nitrogens with zero attached hydrogens (tertiary/aromatic N) is 3. The zero-order valence-electron chi connectivity index (χ0n) is 15.3. The van der Waals surface area contributed by atoms with Crippen LogP contribution in [0.15, 0.2) is 84.4 Å². The Bertz CT molecular complexity index is 847. The molecule has 0 bridgehead atoms. The van der Waals surface area contributed by atoms with Crippen LogP contribution < -0.4 is 4.74 Å². The van der Waals surface area contributed by atoms with Gasteiger partial charge >= 0.3 is 0 Å². The van der Waals surface area contributed by atoms with Crippen molar-refractivity contribution in [2.24, 2.45) is 0 Å². The fourth-order valence-electron chi connectivity index (χ4n) is 2.64. The van der Waals surface area contributed by atoms with Crippen LogP contribution in [0.3, 0.4) is 0 Å². The number of benzene rings is 2. The Hall–Kier alpha value is -3.18. The summed E-state index contributed by atoms with van der Waals surface area (Å²) in [6.07, 6.45) is 3.68. The van der Waals surface area contributed by atoms with E-state index in [2.05, 4.69) is 28.2 Å². The monoisotopic (exact) mass is 361 g/mol. The number of ether oxygens (including phenoxy) is 1. The molecule has 2 aromatic carbocycles. The number of rotatable bonds is 10. The lowest BCUT2D eigenvalue weighted by molar-refractivity contribution is 0.266. The second-order valence-corrected chi connectivity index (χ2v) is 6.08. The number of hydrogen-bond acceptors (Lipinski definition) is 5. The van der Waals surface area contributed by atoms with Gasteiger partial charge in [0.1, 0.15) is 12.4 Å². The van der Waals surface area contributed by atoms with E-state index in [0.717, 1.165) is 30.0 Å². The Labute approximate surface area is 159 Å². The summed E-state index contributed by atoms with van der Waals surface area (Å²) in [5.41, 5.74) is 2.02. The minimum Gasteiger partial charge on any atom is -0.489 e. The van der Waals surface area contributed by atoms with Gasteiger partial charge in [0.15, 0.2) is 0 Å². The topological polar surface area (TPSA) is 51.4 Å². The van der Waals surface area contributed by atoms with Crippen molar-refractivity contribution >= 4 is 0 Å². The van der Waals surface area contributed by atoms with Crippen LogP contribution in [-0.2, 0) is 13.2 Å². The summed E-state index contributed by atoms with van der Waals surface area (Å²) in [4.78, 5) is 6.59. The maximum Gasteiger partial charge on any atom is 0.241 e. The van der Waals surface area contributed by atoms with Crippen LogP contribution in [0.2, 0.25) is 0 Å². The van der Waals surface area contributed by atoms with Gasteiger partial charge in [-0.25, -0.2) is 0 Å². The van der Waals surface area contributed by atoms with Crippen LogP contribution in [0.1, 0.15) is 11.5 Å². The summed E-state index contributed by atoms with van der Waals surface area (Å²) in [6.45, 7) is 10.1. The molecule has 3 aromatic rings. The van der Waals surface area contributed by atoms with Gasteiger partial charge in [-0.15, -0.1) is 13.2 Å². The van der Waals surface area contributed by atoms with Crippen molar-refractivity contribution in [3.63, 3.8) is 0 Å². The molecular weight excluding hydrogens is 338 g/mol. The zero-order valence-corrected chi connectivity index (χ0v) is 15.3. The van der Waals surface area contributed by atoms with Crippen molar-refractivity contribution in [1.82, 2.24) is 15.0 Å². The minimum absolute atomic E-state index is 0.537. The van der Waals surface area contributed by atoms with Crippen LogP contribution in [0, 0.1) is 0 Å². The molecule has 0 radical (unpaired) electrons. The van der Waals surface area contributed by atoms with E-state index in [1.54, 1.807) is 0 Å².